The van der Waals surface area contributed by atoms with Crippen LogP contribution >= 0.6 is 15.9 Å². The topological polar surface area (TPSA) is 61.7 Å². The second-order valence-electron chi connectivity index (χ2n) is 4.24. The Labute approximate surface area is 125 Å². The SMILES string of the molecule is Cc1ccc(/C=N/NC(=O)c2ccccc2Br)c(O)c1. The molecule has 2 rings (SSSR count). The lowest BCUT2D eigenvalue weighted by atomic mass is 10.1. The lowest BCUT2D eigenvalue weighted by Gasteiger charge is -2.03. The Morgan fingerprint density at radius 1 is 1.30 bits per heavy atom. The molecule has 0 radical (unpaired) electrons. The van der Waals surface area contributed by atoms with Gasteiger partial charge < -0.3 is 5.11 Å². The molecule has 0 saturated carbocycles. The van der Waals surface area contributed by atoms with Gasteiger partial charge in [0.05, 0.1) is 11.8 Å². The Morgan fingerprint density at radius 3 is 2.75 bits per heavy atom. The molecule has 0 fully saturated rings. The van der Waals surface area contributed by atoms with Crippen LogP contribution in [0.1, 0.15) is 21.5 Å². The van der Waals surface area contributed by atoms with E-state index in [1.165, 1.54) is 6.21 Å². The number of phenolic OH excluding ortho intramolecular Hbond substituents is 1. The van der Waals surface area contributed by atoms with Crippen LogP contribution in [0.2, 0.25) is 0 Å². The third-order valence-corrected chi connectivity index (χ3v) is 3.37. The number of benzene rings is 2. The zero-order valence-electron chi connectivity index (χ0n) is 10.8. The minimum absolute atomic E-state index is 0.129. The first-order valence-electron chi connectivity index (χ1n) is 5.95. The van der Waals surface area contributed by atoms with Gasteiger partial charge in [-0.3, -0.25) is 4.79 Å². The molecule has 0 spiro atoms. The molecular weight excluding hydrogens is 320 g/mol. The van der Waals surface area contributed by atoms with Gasteiger partial charge in [-0.25, -0.2) is 5.43 Å². The van der Waals surface area contributed by atoms with E-state index < -0.39 is 0 Å². The van der Waals surface area contributed by atoms with E-state index in [-0.39, 0.29) is 11.7 Å². The van der Waals surface area contributed by atoms with Crippen LogP contribution in [0.3, 0.4) is 0 Å². The number of nitrogens with one attached hydrogen (secondary N) is 1. The summed E-state index contributed by atoms with van der Waals surface area (Å²) in [7, 11) is 0. The quantitative estimate of drug-likeness (QED) is 0.669. The second-order valence-corrected chi connectivity index (χ2v) is 5.10. The molecule has 1 amide bonds. The molecule has 0 bridgehead atoms. The summed E-state index contributed by atoms with van der Waals surface area (Å²) >= 11 is 3.30. The summed E-state index contributed by atoms with van der Waals surface area (Å²) in [6.45, 7) is 1.88. The molecule has 102 valence electrons. The van der Waals surface area contributed by atoms with E-state index in [1.807, 2.05) is 19.1 Å². The summed E-state index contributed by atoms with van der Waals surface area (Å²) < 4.78 is 0.700. The van der Waals surface area contributed by atoms with E-state index >= 15 is 0 Å². The maximum atomic E-state index is 11.9. The third-order valence-electron chi connectivity index (χ3n) is 2.67. The highest BCUT2D eigenvalue weighted by molar-refractivity contribution is 9.10. The van der Waals surface area contributed by atoms with E-state index in [9.17, 15) is 9.90 Å². The molecule has 0 heterocycles. The van der Waals surface area contributed by atoms with E-state index in [0.717, 1.165) is 5.56 Å². The van der Waals surface area contributed by atoms with Gasteiger partial charge in [-0.05, 0) is 52.7 Å². The molecular formula is C15H13BrN2O2. The van der Waals surface area contributed by atoms with Crippen LogP contribution in [0.4, 0.5) is 0 Å². The molecule has 0 saturated heterocycles. The number of hydrogen-bond acceptors (Lipinski definition) is 3. The van der Waals surface area contributed by atoms with Crippen LogP contribution in [0, 0.1) is 6.92 Å². The van der Waals surface area contributed by atoms with Gasteiger partial charge in [-0.2, -0.15) is 5.10 Å². The second kappa shape index (κ2) is 6.34. The van der Waals surface area contributed by atoms with Crippen molar-refractivity contribution in [1.82, 2.24) is 5.43 Å². The highest BCUT2D eigenvalue weighted by Crippen LogP contribution is 2.17. The normalized spacial score (nSPS) is 10.7. The molecule has 0 unspecified atom stereocenters. The van der Waals surface area contributed by atoms with E-state index in [2.05, 4.69) is 26.5 Å². The van der Waals surface area contributed by atoms with Gasteiger partial charge >= 0.3 is 0 Å². The maximum Gasteiger partial charge on any atom is 0.272 e. The molecule has 4 nitrogen and oxygen atoms in total. The molecule has 20 heavy (non-hydrogen) atoms. The fourth-order valence-electron chi connectivity index (χ4n) is 1.63. The summed E-state index contributed by atoms with van der Waals surface area (Å²) in [5.74, 6) is -0.191. The Bertz CT molecular complexity index is 669. The van der Waals surface area contributed by atoms with Crippen LogP contribution < -0.4 is 5.43 Å². The highest BCUT2D eigenvalue weighted by Gasteiger charge is 2.07. The number of aryl methyl sites for hydroxylation is 1. The van der Waals surface area contributed by atoms with Gasteiger partial charge in [0.1, 0.15) is 5.75 Å². The maximum absolute atomic E-state index is 11.9. The fourth-order valence-corrected chi connectivity index (χ4v) is 2.09. The first-order chi connectivity index (χ1) is 9.58. The third kappa shape index (κ3) is 3.45. The smallest absolute Gasteiger partial charge is 0.272 e. The van der Waals surface area contributed by atoms with Crippen molar-refractivity contribution in [2.75, 3.05) is 0 Å². The van der Waals surface area contributed by atoms with Crippen LogP contribution in [-0.2, 0) is 0 Å². The molecule has 0 aliphatic carbocycles. The largest absolute Gasteiger partial charge is 0.507 e. The lowest BCUT2D eigenvalue weighted by Crippen LogP contribution is -2.18. The molecule has 2 N–H and O–H groups in total. The summed E-state index contributed by atoms with van der Waals surface area (Å²) in [6.07, 6.45) is 1.41. The average Bonchev–Trinajstić information content (AvgIpc) is 2.41. The average molecular weight is 333 g/mol. The Balaban J connectivity index is 2.07. The minimum atomic E-state index is -0.319. The van der Waals surface area contributed by atoms with E-state index in [4.69, 9.17) is 0 Å². The van der Waals surface area contributed by atoms with Crippen LogP contribution in [-0.4, -0.2) is 17.2 Å². The first kappa shape index (κ1) is 14.3. The van der Waals surface area contributed by atoms with Crippen molar-refractivity contribution in [2.45, 2.75) is 6.92 Å². The summed E-state index contributed by atoms with van der Waals surface area (Å²) in [4.78, 5) is 11.9. The van der Waals surface area contributed by atoms with Gasteiger partial charge in [0.2, 0.25) is 0 Å². The number of nitrogens with zero attached hydrogens (tertiary/aromatic N) is 1. The van der Waals surface area contributed by atoms with Gasteiger partial charge in [-0.1, -0.05) is 18.2 Å². The monoisotopic (exact) mass is 332 g/mol. The Kier molecular flexibility index (Phi) is 4.53. The van der Waals surface area contributed by atoms with Gasteiger partial charge in [-0.15, -0.1) is 0 Å². The molecule has 2 aromatic carbocycles. The van der Waals surface area contributed by atoms with Gasteiger partial charge in [0, 0.05) is 10.0 Å². The summed E-state index contributed by atoms with van der Waals surface area (Å²) in [5.41, 5.74) is 4.42. The van der Waals surface area contributed by atoms with Crippen molar-refractivity contribution < 1.29 is 9.90 Å². The number of hydrazone groups is 1. The summed E-state index contributed by atoms with van der Waals surface area (Å²) in [5, 5.41) is 13.6. The van der Waals surface area contributed by atoms with E-state index in [1.54, 1.807) is 30.3 Å². The number of phenols is 1. The number of halogens is 1. The predicted molar refractivity (Wildman–Crippen MR) is 82.0 cm³/mol. The number of amides is 1. The molecule has 2 aromatic rings. The van der Waals surface area contributed by atoms with Crippen molar-refractivity contribution >= 4 is 28.1 Å². The van der Waals surface area contributed by atoms with Gasteiger partial charge in [0.15, 0.2) is 0 Å². The Hall–Kier alpha value is -2.14. The van der Waals surface area contributed by atoms with Crippen molar-refractivity contribution in [1.29, 1.82) is 0 Å². The van der Waals surface area contributed by atoms with Crippen molar-refractivity contribution in [3.63, 3.8) is 0 Å². The van der Waals surface area contributed by atoms with Gasteiger partial charge in [0.25, 0.3) is 5.91 Å². The van der Waals surface area contributed by atoms with Crippen LogP contribution in [0.15, 0.2) is 52.0 Å². The summed E-state index contributed by atoms with van der Waals surface area (Å²) in [6, 6.07) is 12.3. The zero-order valence-corrected chi connectivity index (χ0v) is 12.4. The minimum Gasteiger partial charge on any atom is -0.507 e. The number of carbonyl (C=O) groups excluding carboxylic acids is 1. The molecule has 5 heteroatoms. The standard InChI is InChI=1S/C15H13BrN2O2/c1-10-6-7-11(14(19)8-10)9-17-18-15(20)12-4-2-3-5-13(12)16/h2-9,19H,1H3,(H,18,20)/b17-9+. The number of carbonyl (C=O) groups is 1. The zero-order chi connectivity index (χ0) is 14.5. The van der Waals surface area contributed by atoms with Crippen molar-refractivity contribution in [2.24, 2.45) is 5.10 Å². The van der Waals surface area contributed by atoms with Crippen molar-refractivity contribution in [3.8, 4) is 5.75 Å². The fraction of sp³-hybridized carbons (Fsp3) is 0.0667. The molecule has 0 aliphatic rings. The van der Waals surface area contributed by atoms with Crippen LogP contribution in [0.5, 0.6) is 5.75 Å². The number of hydrogen-bond donors (Lipinski definition) is 2. The lowest BCUT2D eigenvalue weighted by molar-refractivity contribution is 0.0954. The number of aromatic hydroxyl groups is 1. The molecule has 0 aliphatic heterocycles. The Morgan fingerprint density at radius 2 is 2.05 bits per heavy atom. The highest BCUT2D eigenvalue weighted by atomic mass is 79.9. The van der Waals surface area contributed by atoms with Crippen molar-refractivity contribution in [3.05, 3.63) is 63.6 Å². The molecule has 0 atom stereocenters. The first-order valence-corrected chi connectivity index (χ1v) is 6.75. The number of rotatable bonds is 3. The molecule has 0 aromatic heterocycles. The van der Waals surface area contributed by atoms with Crippen LogP contribution in [0.25, 0.3) is 0 Å². The van der Waals surface area contributed by atoms with E-state index in [0.29, 0.717) is 15.6 Å². The predicted octanol–water partition coefficient (Wildman–Crippen LogP) is 3.23.